The van der Waals surface area contributed by atoms with Crippen LogP contribution in [-0.4, -0.2) is 80.0 Å². The van der Waals surface area contributed by atoms with Crippen LogP contribution in [0.15, 0.2) is 24.3 Å². The van der Waals surface area contributed by atoms with E-state index in [1.54, 1.807) is 4.90 Å². The fourth-order valence-electron chi connectivity index (χ4n) is 2.51. The summed E-state index contributed by atoms with van der Waals surface area (Å²) in [5, 5.41) is 8.97. The van der Waals surface area contributed by atoms with E-state index in [9.17, 15) is 9.18 Å². The zero-order valence-corrected chi connectivity index (χ0v) is 13.3. The van der Waals surface area contributed by atoms with Gasteiger partial charge in [0.05, 0.1) is 25.9 Å². The molecule has 6 nitrogen and oxygen atoms in total. The fraction of sp³-hybridized carbons (Fsp3) is 0.562. The van der Waals surface area contributed by atoms with E-state index in [1.165, 1.54) is 24.3 Å². The molecule has 7 heteroatoms. The fourth-order valence-corrected chi connectivity index (χ4v) is 2.51. The Morgan fingerprint density at radius 3 is 2.91 bits per heavy atom. The third-order valence-electron chi connectivity index (χ3n) is 3.73. The topological polar surface area (TPSA) is 62.2 Å². The van der Waals surface area contributed by atoms with E-state index in [0.717, 1.165) is 0 Å². The number of hydrogen-bond acceptors (Lipinski definition) is 5. The van der Waals surface area contributed by atoms with Gasteiger partial charge in [-0.1, -0.05) is 0 Å². The second-order valence-electron chi connectivity index (χ2n) is 5.54. The lowest BCUT2D eigenvalue weighted by Crippen LogP contribution is -2.54. The predicted octanol–water partition coefficient (Wildman–Crippen LogP) is 0.356. The molecule has 0 saturated carbocycles. The van der Waals surface area contributed by atoms with Crippen LogP contribution in [0.2, 0.25) is 0 Å². The summed E-state index contributed by atoms with van der Waals surface area (Å²) in [6.45, 7) is 2.65. The summed E-state index contributed by atoms with van der Waals surface area (Å²) in [6.07, 6.45) is 0. The minimum atomic E-state index is -0.344. The van der Waals surface area contributed by atoms with Gasteiger partial charge >= 0.3 is 0 Å². The number of aliphatic hydroxyl groups is 1. The number of carbonyl (C=O) groups excluding carboxylic acids is 1. The number of hydrogen-bond donors (Lipinski definition) is 1. The number of rotatable bonds is 7. The Bertz CT molecular complexity index is 497. The molecule has 0 unspecified atom stereocenters. The maximum Gasteiger partial charge on any atom is 0.260 e. The number of halogens is 1. The highest BCUT2D eigenvalue weighted by atomic mass is 19.1. The summed E-state index contributed by atoms with van der Waals surface area (Å²) in [5.74, 6) is -0.00850. The van der Waals surface area contributed by atoms with Gasteiger partial charge in [0.1, 0.15) is 11.6 Å². The molecule has 1 aliphatic rings. The number of benzene rings is 1. The van der Waals surface area contributed by atoms with Gasteiger partial charge in [0.15, 0.2) is 6.61 Å². The van der Waals surface area contributed by atoms with Crippen LogP contribution in [0.1, 0.15) is 0 Å². The highest BCUT2D eigenvalue weighted by Crippen LogP contribution is 2.13. The summed E-state index contributed by atoms with van der Waals surface area (Å²) in [4.78, 5) is 16.1. The summed E-state index contributed by atoms with van der Waals surface area (Å²) >= 11 is 0. The molecule has 1 amide bonds. The SMILES string of the molecule is CN(CCO)C[C@H]1COCCN1C(=O)COc1ccc(F)cc1. The Kier molecular flexibility index (Phi) is 6.76. The van der Waals surface area contributed by atoms with Crippen LogP contribution in [0, 0.1) is 5.82 Å². The molecule has 0 aliphatic carbocycles. The minimum Gasteiger partial charge on any atom is -0.484 e. The predicted molar refractivity (Wildman–Crippen MR) is 82.8 cm³/mol. The van der Waals surface area contributed by atoms with Crippen molar-refractivity contribution in [2.75, 3.05) is 53.1 Å². The van der Waals surface area contributed by atoms with Gasteiger partial charge in [-0.05, 0) is 31.3 Å². The molecular weight excluding hydrogens is 303 g/mol. The zero-order chi connectivity index (χ0) is 16.7. The summed E-state index contributed by atoms with van der Waals surface area (Å²) in [7, 11) is 1.89. The van der Waals surface area contributed by atoms with E-state index in [4.69, 9.17) is 14.6 Å². The Morgan fingerprint density at radius 1 is 1.48 bits per heavy atom. The molecule has 1 N–H and O–H groups in total. The van der Waals surface area contributed by atoms with E-state index >= 15 is 0 Å². The summed E-state index contributed by atoms with van der Waals surface area (Å²) in [6, 6.07) is 5.51. The minimum absolute atomic E-state index is 0.0652. The van der Waals surface area contributed by atoms with Crippen molar-refractivity contribution in [2.24, 2.45) is 0 Å². The standard InChI is InChI=1S/C16H23FN2O4/c1-18(6-8-20)10-14-11-22-9-7-19(14)16(21)12-23-15-4-2-13(17)3-5-15/h2-5,14,20H,6-12H2,1H3/t14-/m0/s1. The van der Waals surface area contributed by atoms with Crippen molar-refractivity contribution in [3.8, 4) is 5.75 Å². The van der Waals surface area contributed by atoms with Crippen molar-refractivity contribution in [3.05, 3.63) is 30.1 Å². The third-order valence-corrected chi connectivity index (χ3v) is 3.73. The van der Waals surface area contributed by atoms with Crippen molar-refractivity contribution in [3.63, 3.8) is 0 Å². The molecule has 2 rings (SSSR count). The molecule has 1 heterocycles. The van der Waals surface area contributed by atoms with Crippen LogP contribution < -0.4 is 4.74 Å². The number of ether oxygens (including phenoxy) is 2. The number of morpholine rings is 1. The van der Waals surface area contributed by atoms with Gasteiger partial charge in [-0.25, -0.2) is 4.39 Å². The second-order valence-corrected chi connectivity index (χ2v) is 5.54. The highest BCUT2D eigenvalue weighted by Gasteiger charge is 2.28. The van der Waals surface area contributed by atoms with Crippen molar-refractivity contribution >= 4 is 5.91 Å². The van der Waals surface area contributed by atoms with Crippen LogP contribution in [0.5, 0.6) is 5.75 Å². The van der Waals surface area contributed by atoms with Crippen molar-refractivity contribution in [1.29, 1.82) is 0 Å². The van der Waals surface area contributed by atoms with Crippen LogP contribution in [0.3, 0.4) is 0 Å². The van der Waals surface area contributed by atoms with Gasteiger partial charge in [0.25, 0.3) is 5.91 Å². The highest BCUT2D eigenvalue weighted by molar-refractivity contribution is 5.78. The lowest BCUT2D eigenvalue weighted by Gasteiger charge is -2.37. The molecular formula is C16H23FN2O4. The quantitative estimate of drug-likeness (QED) is 0.784. The molecule has 1 atom stereocenters. The van der Waals surface area contributed by atoms with Crippen LogP contribution >= 0.6 is 0 Å². The molecule has 0 radical (unpaired) electrons. The van der Waals surface area contributed by atoms with Crippen molar-refractivity contribution < 1.29 is 23.8 Å². The van der Waals surface area contributed by atoms with E-state index in [0.29, 0.717) is 38.6 Å². The van der Waals surface area contributed by atoms with Crippen LogP contribution in [-0.2, 0) is 9.53 Å². The Labute approximate surface area is 135 Å². The molecule has 0 spiro atoms. The van der Waals surface area contributed by atoms with E-state index < -0.39 is 0 Å². The van der Waals surface area contributed by atoms with Gasteiger partial charge in [-0.3, -0.25) is 4.79 Å². The first-order chi connectivity index (χ1) is 11.1. The average Bonchev–Trinajstić information content (AvgIpc) is 2.55. The van der Waals surface area contributed by atoms with Gasteiger partial charge in [0.2, 0.25) is 0 Å². The van der Waals surface area contributed by atoms with Gasteiger partial charge in [-0.2, -0.15) is 0 Å². The van der Waals surface area contributed by atoms with Gasteiger partial charge < -0.3 is 24.4 Å². The average molecular weight is 326 g/mol. The second kappa shape index (κ2) is 8.81. The first-order valence-corrected chi connectivity index (χ1v) is 7.65. The monoisotopic (exact) mass is 326 g/mol. The normalized spacial score (nSPS) is 18.3. The number of carbonyl (C=O) groups is 1. The smallest absolute Gasteiger partial charge is 0.260 e. The number of amides is 1. The van der Waals surface area contributed by atoms with E-state index in [2.05, 4.69) is 0 Å². The van der Waals surface area contributed by atoms with Crippen LogP contribution in [0.25, 0.3) is 0 Å². The Balaban J connectivity index is 1.88. The number of aliphatic hydroxyl groups excluding tert-OH is 1. The Morgan fingerprint density at radius 2 is 2.22 bits per heavy atom. The Hall–Kier alpha value is -1.70. The molecule has 1 aromatic rings. The number of likely N-dealkylation sites (N-methyl/N-ethyl adjacent to an activating group) is 1. The summed E-state index contributed by atoms with van der Waals surface area (Å²) < 4.78 is 23.7. The first-order valence-electron chi connectivity index (χ1n) is 7.65. The molecule has 0 bridgehead atoms. The summed E-state index contributed by atoms with van der Waals surface area (Å²) in [5.41, 5.74) is 0. The molecule has 0 aromatic heterocycles. The third kappa shape index (κ3) is 5.46. The maximum atomic E-state index is 12.8. The van der Waals surface area contributed by atoms with Crippen molar-refractivity contribution in [2.45, 2.75) is 6.04 Å². The number of nitrogens with zero attached hydrogens (tertiary/aromatic N) is 2. The van der Waals surface area contributed by atoms with Gasteiger partial charge in [-0.15, -0.1) is 0 Å². The molecule has 1 saturated heterocycles. The lowest BCUT2D eigenvalue weighted by atomic mass is 10.2. The first kappa shape index (κ1) is 17.7. The van der Waals surface area contributed by atoms with Crippen molar-refractivity contribution in [1.82, 2.24) is 9.80 Å². The van der Waals surface area contributed by atoms with E-state index in [1.807, 2.05) is 11.9 Å². The van der Waals surface area contributed by atoms with E-state index in [-0.39, 0.29) is 31.0 Å². The lowest BCUT2D eigenvalue weighted by molar-refractivity contribution is -0.142. The molecule has 128 valence electrons. The molecule has 23 heavy (non-hydrogen) atoms. The molecule has 1 aliphatic heterocycles. The maximum absolute atomic E-state index is 12.8. The molecule has 1 aromatic carbocycles. The van der Waals surface area contributed by atoms with Gasteiger partial charge in [0, 0.05) is 19.6 Å². The zero-order valence-electron chi connectivity index (χ0n) is 13.3. The largest absolute Gasteiger partial charge is 0.484 e. The van der Waals surface area contributed by atoms with Crippen LogP contribution in [0.4, 0.5) is 4.39 Å². The molecule has 1 fully saturated rings.